The van der Waals surface area contributed by atoms with Gasteiger partial charge in [-0.1, -0.05) is 24.6 Å². The van der Waals surface area contributed by atoms with Crippen LogP contribution in [0.3, 0.4) is 0 Å². The zero-order valence-corrected chi connectivity index (χ0v) is 18.9. The van der Waals surface area contributed by atoms with E-state index in [1.807, 2.05) is 54.9 Å². The smallest absolute Gasteiger partial charge is 0.162 e. The van der Waals surface area contributed by atoms with Gasteiger partial charge in [-0.15, -0.1) is 0 Å². The van der Waals surface area contributed by atoms with Crippen molar-refractivity contribution in [3.8, 4) is 11.4 Å². The Hall–Kier alpha value is -3.58. The predicted molar refractivity (Wildman–Crippen MR) is 134 cm³/mol. The lowest BCUT2D eigenvalue weighted by atomic mass is 9.79. The zero-order valence-electron chi connectivity index (χ0n) is 18.9. The molecule has 0 spiro atoms. The lowest BCUT2D eigenvalue weighted by Gasteiger charge is -2.27. The Kier molecular flexibility index (Phi) is 4.68. The van der Waals surface area contributed by atoms with E-state index in [1.165, 1.54) is 24.8 Å². The Labute approximate surface area is 198 Å². The third kappa shape index (κ3) is 3.47. The van der Waals surface area contributed by atoms with Crippen LogP contribution in [0.5, 0.6) is 0 Å². The van der Waals surface area contributed by atoms with Gasteiger partial charge in [0.15, 0.2) is 5.82 Å². The number of nitrogens with one attached hydrogen (secondary N) is 3. The first-order valence-corrected chi connectivity index (χ1v) is 12.2. The molecule has 2 aliphatic carbocycles. The molecule has 34 heavy (non-hydrogen) atoms. The number of anilines is 3. The first-order chi connectivity index (χ1) is 16.8. The van der Waals surface area contributed by atoms with Gasteiger partial charge in [0.05, 0.1) is 11.7 Å². The summed E-state index contributed by atoms with van der Waals surface area (Å²) in [6, 6.07) is 14.5. The van der Waals surface area contributed by atoms with E-state index in [9.17, 15) is 0 Å². The summed E-state index contributed by atoms with van der Waals surface area (Å²) in [7, 11) is 0. The topological polar surface area (TPSA) is 87.7 Å². The largest absolute Gasteiger partial charge is 0.366 e. The number of nitrogens with zero attached hydrogens (tertiary/aromatic N) is 4. The second-order valence-corrected chi connectivity index (χ2v) is 9.72. The number of benzene rings is 1. The molecule has 1 saturated heterocycles. The minimum Gasteiger partial charge on any atom is -0.366 e. The first kappa shape index (κ1) is 19.9. The molecule has 3 aliphatic rings. The number of aromatic nitrogens is 4. The summed E-state index contributed by atoms with van der Waals surface area (Å²) in [5.74, 6) is 4.39. The van der Waals surface area contributed by atoms with Crippen LogP contribution in [-0.2, 0) is 0 Å². The second kappa shape index (κ2) is 8.02. The molecule has 2 saturated carbocycles. The highest BCUT2D eigenvalue weighted by molar-refractivity contribution is 5.93. The monoisotopic (exact) mass is 449 g/mol. The van der Waals surface area contributed by atoms with Crippen LogP contribution in [0.25, 0.3) is 22.3 Å². The molecule has 1 aromatic carbocycles. The van der Waals surface area contributed by atoms with Crippen LogP contribution in [0.4, 0.5) is 17.3 Å². The second-order valence-electron chi connectivity index (χ2n) is 9.72. The fourth-order valence-corrected chi connectivity index (χ4v) is 5.47. The minimum absolute atomic E-state index is 0.488. The van der Waals surface area contributed by atoms with Crippen molar-refractivity contribution in [3.05, 3.63) is 66.6 Å². The average molecular weight is 450 g/mol. The van der Waals surface area contributed by atoms with Crippen LogP contribution in [0, 0.1) is 11.8 Å². The number of fused-ring (bicyclic) bond motifs is 2. The van der Waals surface area contributed by atoms with Gasteiger partial charge in [-0.25, -0.2) is 15.0 Å². The van der Waals surface area contributed by atoms with Crippen LogP contribution in [0.1, 0.15) is 30.7 Å². The van der Waals surface area contributed by atoms with Gasteiger partial charge in [-0.05, 0) is 60.4 Å². The maximum atomic E-state index is 5.10. The van der Waals surface area contributed by atoms with E-state index in [4.69, 9.17) is 9.97 Å². The molecule has 0 bridgehead atoms. The Bertz CT molecular complexity index is 1340. The lowest BCUT2D eigenvalue weighted by Crippen LogP contribution is -2.22. The average Bonchev–Trinajstić information content (AvgIpc) is 3.23. The molecule has 170 valence electrons. The Morgan fingerprint density at radius 3 is 2.59 bits per heavy atom. The van der Waals surface area contributed by atoms with Crippen molar-refractivity contribution in [2.75, 3.05) is 23.7 Å². The zero-order chi connectivity index (χ0) is 22.5. The molecule has 0 amide bonds. The summed E-state index contributed by atoms with van der Waals surface area (Å²) < 4.78 is 0. The molecule has 4 heterocycles. The number of hydrogen-bond acceptors (Lipinski definition) is 7. The van der Waals surface area contributed by atoms with E-state index in [0.29, 0.717) is 29.6 Å². The van der Waals surface area contributed by atoms with Crippen LogP contribution >= 0.6 is 0 Å². The SMILES string of the molecule is c1ccc(Nc2cc(-c3nc(NC4C5CNCC54)c4c(C5CCC5)cncc4n3)ccn2)cc1. The lowest BCUT2D eigenvalue weighted by molar-refractivity contribution is 0.421. The summed E-state index contributed by atoms with van der Waals surface area (Å²) in [4.78, 5) is 19.1. The van der Waals surface area contributed by atoms with Crippen molar-refractivity contribution >= 4 is 28.2 Å². The van der Waals surface area contributed by atoms with Crippen molar-refractivity contribution in [2.24, 2.45) is 11.8 Å². The van der Waals surface area contributed by atoms with Gasteiger partial charge in [-0.3, -0.25) is 4.98 Å². The summed E-state index contributed by atoms with van der Waals surface area (Å²) >= 11 is 0. The highest BCUT2D eigenvalue weighted by Crippen LogP contribution is 2.46. The molecule has 2 unspecified atom stereocenters. The van der Waals surface area contributed by atoms with Crippen LogP contribution in [-0.4, -0.2) is 39.1 Å². The normalized spacial score (nSPS) is 23.4. The van der Waals surface area contributed by atoms with Crippen molar-refractivity contribution in [1.29, 1.82) is 0 Å². The van der Waals surface area contributed by atoms with Gasteiger partial charge >= 0.3 is 0 Å². The molecule has 3 fully saturated rings. The quantitative estimate of drug-likeness (QED) is 0.392. The van der Waals surface area contributed by atoms with Gasteiger partial charge in [0.25, 0.3) is 0 Å². The molecule has 4 aromatic rings. The highest BCUT2D eigenvalue weighted by Gasteiger charge is 2.53. The van der Waals surface area contributed by atoms with E-state index in [2.05, 4.69) is 25.9 Å². The Balaban J connectivity index is 1.29. The van der Waals surface area contributed by atoms with E-state index in [1.54, 1.807) is 6.20 Å². The molecule has 7 heteroatoms. The van der Waals surface area contributed by atoms with E-state index >= 15 is 0 Å². The standard InChI is InChI=1S/C27H27N7/c1-2-7-18(8-3-1)31-23-11-17(9-10-30-23)26-32-22-15-29-12-19(16-5-4-6-16)24(22)27(34-26)33-25-20-13-28-14-21(20)25/h1-3,7-12,15-16,20-21,25,28H,4-6,13-14H2,(H,30,31)(H,32,33,34). The molecule has 2 atom stereocenters. The number of pyridine rings is 2. The summed E-state index contributed by atoms with van der Waals surface area (Å²) in [6.07, 6.45) is 9.45. The molecule has 3 aromatic heterocycles. The van der Waals surface area contributed by atoms with Gasteiger partial charge in [0.2, 0.25) is 0 Å². The van der Waals surface area contributed by atoms with E-state index in [-0.39, 0.29) is 0 Å². The molecule has 3 N–H and O–H groups in total. The fraction of sp³-hybridized carbons (Fsp3) is 0.333. The van der Waals surface area contributed by atoms with Crippen molar-refractivity contribution < 1.29 is 0 Å². The molecule has 0 radical (unpaired) electrons. The van der Waals surface area contributed by atoms with Gasteiger partial charge in [0.1, 0.15) is 11.6 Å². The maximum absolute atomic E-state index is 5.10. The fourth-order valence-electron chi connectivity index (χ4n) is 5.47. The molecule has 7 rings (SSSR count). The summed E-state index contributed by atoms with van der Waals surface area (Å²) in [5.41, 5.74) is 4.14. The molecule has 1 aliphatic heterocycles. The number of hydrogen-bond donors (Lipinski definition) is 3. The third-order valence-corrected chi connectivity index (χ3v) is 7.64. The van der Waals surface area contributed by atoms with Gasteiger partial charge in [-0.2, -0.15) is 0 Å². The number of rotatable bonds is 6. The highest BCUT2D eigenvalue weighted by atomic mass is 15.1. The molecule has 7 nitrogen and oxygen atoms in total. The van der Waals surface area contributed by atoms with Crippen molar-refractivity contribution in [3.63, 3.8) is 0 Å². The number of piperidine rings is 1. The Morgan fingerprint density at radius 1 is 0.941 bits per heavy atom. The third-order valence-electron chi connectivity index (χ3n) is 7.64. The van der Waals surface area contributed by atoms with Crippen LogP contribution in [0.2, 0.25) is 0 Å². The summed E-state index contributed by atoms with van der Waals surface area (Å²) in [6.45, 7) is 2.18. The van der Waals surface area contributed by atoms with Crippen LogP contribution in [0.15, 0.2) is 61.1 Å². The van der Waals surface area contributed by atoms with E-state index in [0.717, 1.165) is 46.9 Å². The Morgan fingerprint density at radius 2 is 1.79 bits per heavy atom. The molecular formula is C27H27N7. The van der Waals surface area contributed by atoms with Gasteiger partial charge in [0, 0.05) is 48.2 Å². The predicted octanol–water partition coefficient (Wildman–Crippen LogP) is 4.73. The maximum Gasteiger partial charge on any atom is 0.162 e. The molecular weight excluding hydrogens is 422 g/mol. The first-order valence-electron chi connectivity index (χ1n) is 12.2. The van der Waals surface area contributed by atoms with Gasteiger partial charge < -0.3 is 16.0 Å². The van der Waals surface area contributed by atoms with Crippen molar-refractivity contribution in [2.45, 2.75) is 31.2 Å². The minimum atomic E-state index is 0.488. The summed E-state index contributed by atoms with van der Waals surface area (Å²) in [5, 5.41) is 11.8. The van der Waals surface area contributed by atoms with Crippen molar-refractivity contribution in [1.82, 2.24) is 25.3 Å². The van der Waals surface area contributed by atoms with Crippen LogP contribution < -0.4 is 16.0 Å². The number of para-hydroxylation sites is 1. The van der Waals surface area contributed by atoms with E-state index < -0.39 is 0 Å².